The lowest BCUT2D eigenvalue weighted by Crippen LogP contribution is -2.48. The molecule has 14 heteroatoms. The first-order valence-corrected chi connectivity index (χ1v) is 14.6. The van der Waals surface area contributed by atoms with Crippen molar-refractivity contribution in [1.29, 1.82) is 0 Å². The van der Waals surface area contributed by atoms with E-state index in [1.54, 1.807) is 35.2 Å². The minimum absolute atomic E-state index is 0.0344. The van der Waals surface area contributed by atoms with Crippen LogP contribution in [0.3, 0.4) is 0 Å². The Morgan fingerprint density at radius 1 is 0.978 bits per heavy atom. The summed E-state index contributed by atoms with van der Waals surface area (Å²) in [6.45, 7) is -1.51. The predicted octanol–water partition coefficient (Wildman–Crippen LogP) is 2.43. The van der Waals surface area contributed by atoms with Gasteiger partial charge in [-0.05, 0) is 54.1 Å². The molecule has 0 spiro atoms. The van der Waals surface area contributed by atoms with Crippen molar-refractivity contribution in [2.45, 2.75) is 24.6 Å². The van der Waals surface area contributed by atoms with Crippen LogP contribution in [0.15, 0.2) is 71.7 Å². The Balaban J connectivity index is 1.46. The van der Waals surface area contributed by atoms with Gasteiger partial charge in [-0.25, -0.2) is 0 Å². The molecule has 12 nitrogen and oxygen atoms in total. The highest BCUT2D eigenvalue weighted by Gasteiger charge is 2.44. The summed E-state index contributed by atoms with van der Waals surface area (Å²) in [4.78, 5) is 57.6. The highest BCUT2D eigenvalue weighted by Crippen LogP contribution is 2.33. The van der Waals surface area contributed by atoms with Gasteiger partial charge in [0.2, 0.25) is 11.8 Å². The van der Waals surface area contributed by atoms with Crippen molar-refractivity contribution in [3.63, 3.8) is 0 Å². The quantitative estimate of drug-likeness (QED) is 0.339. The molecule has 244 valence electrons. The van der Waals surface area contributed by atoms with Gasteiger partial charge in [0.05, 0.1) is 26.9 Å². The standard InChI is InChI=1S/C32H34F2N4O8/c1-43-19-26(29(40)36-14-16-45-17-15-36)37-13-3-4-25(30(37)41)38-18-24(20-5-9-22(44-2)10-6-20)27(31(38)42)35-28(39)21-7-11-23(12-8-21)46-32(33)34/h3-13,24,26-27,32H,14-19H2,1-2H3,(H,35,39)/t24-,26?,27-/m0/s1. The second kappa shape index (κ2) is 14.5. The van der Waals surface area contributed by atoms with Crippen molar-refractivity contribution >= 4 is 23.4 Å². The molecule has 1 unspecified atom stereocenters. The van der Waals surface area contributed by atoms with Crippen molar-refractivity contribution < 1.29 is 42.1 Å². The molecular formula is C32H34F2N4O8. The van der Waals surface area contributed by atoms with Gasteiger partial charge in [0.25, 0.3) is 11.5 Å². The number of hydrogen-bond donors (Lipinski definition) is 1. The normalized spacial score (nSPS) is 18.8. The maximum Gasteiger partial charge on any atom is 0.387 e. The Morgan fingerprint density at radius 3 is 2.28 bits per heavy atom. The number of carbonyl (C=O) groups excluding carboxylic acids is 3. The molecule has 3 atom stereocenters. The SMILES string of the molecule is COCC(C(=O)N1CCOCC1)n1cccc(N2C[C@@H](c3ccc(OC)cc3)[C@H](NC(=O)c3ccc(OC(F)F)cc3)C2=O)c1=O. The second-order valence-electron chi connectivity index (χ2n) is 10.7. The maximum absolute atomic E-state index is 14.0. The van der Waals surface area contributed by atoms with Gasteiger partial charge in [-0.2, -0.15) is 8.78 Å². The van der Waals surface area contributed by atoms with Gasteiger partial charge < -0.3 is 34.1 Å². The Bertz CT molecular complexity index is 1590. The van der Waals surface area contributed by atoms with E-state index in [-0.39, 0.29) is 36.1 Å². The zero-order chi connectivity index (χ0) is 32.8. The zero-order valence-electron chi connectivity index (χ0n) is 25.3. The minimum Gasteiger partial charge on any atom is -0.497 e. The van der Waals surface area contributed by atoms with Crippen LogP contribution >= 0.6 is 0 Å². The number of nitrogens with one attached hydrogen (secondary N) is 1. The number of anilines is 1. The van der Waals surface area contributed by atoms with Gasteiger partial charge in [-0.15, -0.1) is 0 Å². The summed E-state index contributed by atoms with van der Waals surface area (Å²) in [6, 6.07) is 13.1. The van der Waals surface area contributed by atoms with Gasteiger partial charge in [-0.3, -0.25) is 23.7 Å². The Hall–Kier alpha value is -4.82. The largest absolute Gasteiger partial charge is 0.497 e. The Kier molecular flexibility index (Phi) is 10.3. The number of morpholine rings is 1. The fourth-order valence-electron chi connectivity index (χ4n) is 5.64. The van der Waals surface area contributed by atoms with Crippen LogP contribution in [0.25, 0.3) is 0 Å². The number of rotatable bonds is 11. The van der Waals surface area contributed by atoms with Gasteiger partial charge in [0, 0.05) is 44.4 Å². The van der Waals surface area contributed by atoms with Gasteiger partial charge in [0.15, 0.2) is 0 Å². The maximum atomic E-state index is 14.0. The highest BCUT2D eigenvalue weighted by molar-refractivity contribution is 6.05. The molecule has 0 bridgehead atoms. The molecule has 2 aliphatic rings. The molecule has 2 saturated heterocycles. The summed E-state index contributed by atoms with van der Waals surface area (Å²) in [5.74, 6) is -1.57. The number of alkyl halides is 2. The Morgan fingerprint density at radius 2 is 1.65 bits per heavy atom. The third-order valence-corrected chi connectivity index (χ3v) is 8.00. The van der Waals surface area contributed by atoms with Crippen LogP contribution in [-0.2, 0) is 19.1 Å². The Labute approximate surface area is 263 Å². The summed E-state index contributed by atoms with van der Waals surface area (Å²) >= 11 is 0. The predicted molar refractivity (Wildman–Crippen MR) is 161 cm³/mol. The molecule has 3 heterocycles. The number of aromatic nitrogens is 1. The number of ether oxygens (including phenoxy) is 4. The summed E-state index contributed by atoms with van der Waals surface area (Å²) in [7, 11) is 2.96. The minimum atomic E-state index is -3.02. The number of nitrogens with zero attached hydrogens (tertiary/aromatic N) is 3. The van der Waals surface area contributed by atoms with E-state index in [1.807, 2.05) is 0 Å². The monoisotopic (exact) mass is 640 g/mol. The number of amides is 3. The van der Waals surface area contributed by atoms with E-state index < -0.39 is 42.0 Å². The van der Waals surface area contributed by atoms with Crippen molar-refractivity contribution in [3.05, 3.63) is 88.3 Å². The van der Waals surface area contributed by atoms with E-state index in [9.17, 15) is 28.0 Å². The summed E-state index contributed by atoms with van der Waals surface area (Å²) in [5, 5.41) is 2.77. The van der Waals surface area contributed by atoms with Crippen LogP contribution in [0.2, 0.25) is 0 Å². The number of methoxy groups -OCH3 is 2. The molecule has 46 heavy (non-hydrogen) atoms. The van der Waals surface area contributed by atoms with E-state index in [0.29, 0.717) is 37.6 Å². The van der Waals surface area contributed by atoms with Crippen molar-refractivity contribution in [2.75, 3.05) is 58.6 Å². The van der Waals surface area contributed by atoms with E-state index >= 15 is 0 Å². The van der Waals surface area contributed by atoms with Crippen molar-refractivity contribution in [1.82, 2.24) is 14.8 Å². The molecule has 0 aliphatic carbocycles. The first-order valence-electron chi connectivity index (χ1n) is 14.6. The fraction of sp³-hybridized carbons (Fsp3) is 0.375. The van der Waals surface area contributed by atoms with Crippen molar-refractivity contribution in [2.24, 2.45) is 0 Å². The number of halogens is 2. The lowest BCUT2D eigenvalue weighted by atomic mass is 9.93. The van der Waals surface area contributed by atoms with Gasteiger partial charge in [-0.1, -0.05) is 12.1 Å². The van der Waals surface area contributed by atoms with Gasteiger partial charge in [0.1, 0.15) is 29.3 Å². The topological polar surface area (TPSA) is 129 Å². The van der Waals surface area contributed by atoms with Crippen molar-refractivity contribution in [3.8, 4) is 11.5 Å². The van der Waals surface area contributed by atoms with E-state index in [0.717, 1.165) is 0 Å². The van der Waals surface area contributed by atoms with E-state index in [1.165, 1.54) is 60.2 Å². The number of pyridine rings is 1. The lowest BCUT2D eigenvalue weighted by Gasteiger charge is -2.31. The van der Waals surface area contributed by atoms with Crippen LogP contribution in [0.5, 0.6) is 11.5 Å². The number of benzene rings is 2. The van der Waals surface area contributed by atoms with Crippen LogP contribution in [0.1, 0.15) is 27.9 Å². The van der Waals surface area contributed by atoms with E-state index in [4.69, 9.17) is 14.2 Å². The van der Waals surface area contributed by atoms with Crippen LogP contribution in [0, 0.1) is 0 Å². The lowest BCUT2D eigenvalue weighted by molar-refractivity contribution is -0.140. The molecule has 3 amide bonds. The van der Waals surface area contributed by atoms with Crippen LogP contribution < -0.4 is 25.2 Å². The molecular weight excluding hydrogens is 606 g/mol. The average Bonchev–Trinajstić information content (AvgIpc) is 3.39. The molecule has 2 aliphatic heterocycles. The molecule has 2 fully saturated rings. The van der Waals surface area contributed by atoms with E-state index in [2.05, 4.69) is 10.1 Å². The third kappa shape index (κ3) is 7.02. The third-order valence-electron chi connectivity index (χ3n) is 8.00. The average molecular weight is 641 g/mol. The molecule has 5 rings (SSSR count). The van der Waals surface area contributed by atoms with Gasteiger partial charge >= 0.3 is 6.61 Å². The first kappa shape index (κ1) is 32.6. The summed E-state index contributed by atoms with van der Waals surface area (Å²) < 4.78 is 46.7. The zero-order valence-corrected chi connectivity index (χ0v) is 25.3. The van der Waals surface area contributed by atoms with Crippen LogP contribution in [-0.4, -0.2) is 93.5 Å². The molecule has 1 N–H and O–H groups in total. The summed E-state index contributed by atoms with van der Waals surface area (Å²) in [5.41, 5.74) is 0.285. The molecule has 2 aromatic carbocycles. The highest BCUT2D eigenvalue weighted by atomic mass is 19.3. The smallest absolute Gasteiger partial charge is 0.387 e. The summed E-state index contributed by atoms with van der Waals surface area (Å²) in [6.07, 6.45) is 1.48. The second-order valence-corrected chi connectivity index (χ2v) is 10.7. The molecule has 1 aromatic heterocycles. The van der Waals surface area contributed by atoms with Crippen LogP contribution in [0.4, 0.5) is 14.5 Å². The number of carbonyl (C=O) groups is 3. The fourth-order valence-corrected chi connectivity index (χ4v) is 5.64. The molecule has 0 saturated carbocycles. The first-order chi connectivity index (χ1) is 22.2. The molecule has 3 aromatic rings. The molecule has 0 radical (unpaired) electrons. The number of hydrogen-bond acceptors (Lipinski definition) is 8.